The lowest BCUT2D eigenvalue weighted by Gasteiger charge is -2.24. The second kappa shape index (κ2) is 9.57. The number of hydrogen-bond acceptors (Lipinski definition) is 6. The summed E-state index contributed by atoms with van der Waals surface area (Å²) in [5, 5.41) is 0. The Bertz CT molecular complexity index is 816. The predicted molar refractivity (Wildman–Crippen MR) is 121 cm³/mol. The van der Waals surface area contributed by atoms with Gasteiger partial charge in [-0.3, -0.25) is 0 Å². The van der Waals surface area contributed by atoms with E-state index in [1.807, 2.05) is 0 Å². The molecular formula is C25H32N2O4. The van der Waals surface area contributed by atoms with Gasteiger partial charge in [0.15, 0.2) is 0 Å². The molecule has 2 aromatic carbocycles. The van der Waals surface area contributed by atoms with Gasteiger partial charge in [0.2, 0.25) is 0 Å². The molecule has 3 unspecified atom stereocenters. The monoisotopic (exact) mass is 424 g/mol. The number of benzene rings is 2. The fraction of sp³-hybridized carbons (Fsp3) is 0.520. The number of methoxy groups -OCH3 is 1. The summed E-state index contributed by atoms with van der Waals surface area (Å²) in [6, 6.07) is 17.9. The molecule has 5 rings (SSSR count). The molecule has 0 radical (unpaired) electrons. The summed E-state index contributed by atoms with van der Waals surface area (Å²) in [4.78, 5) is 4.74. The molecule has 0 aromatic heterocycles. The number of anilines is 2. The van der Waals surface area contributed by atoms with Gasteiger partial charge in [0.05, 0.1) is 44.7 Å². The van der Waals surface area contributed by atoms with Crippen LogP contribution in [-0.2, 0) is 25.4 Å². The van der Waals surface area contributed by atoms with Gasteiger partial charge in [0, 0.05) is 44.7 Å². The minimum atomic E-state index is 0.368. The molecule has 0 amide bonds. The molecule has 6 heteroatoms. The average molecular weight is 425 g/mol. The van der Waals surface area contributed by atoms with Crippen molar-refractivity contribution in [3.63, 3.8) is 0 Å². The molecule has 3 aliphatic heterocycles. The second-order valence-corrected chi connectivity index (χ2v) is 8.72. The summed E-state index contributed by atoms with van der Waals surface area (Å²) in [5.41, 5.74) is 5.12. The Morgan fingerprint density at radius 1 is 0.710 bits per heavy atom. The third-order valence-electron chi connectivity index (χ3n) is 6.06. The molecule has 0 saturated carbocycles. The Hall–Kier alpha value is -2.12. The maximum absolute atomic E-state index is 5.44. The van der Waals surface area contributed by atoms with E-state index in [0.29, 0.717) is 18.3 Å². The molecule has 0 aliphatic carbocycles. The van der Waals surface area contributed by atoms with Crippen LogP contribution in [0.25, 0.3) is 0 Å². The van der Waals surface area contributed by atoms with E-state index in [0.717, 1.165) is 59.0 Å². The third kappa shape index (κ3) is 6.20. The van der Waals surface area contributed by atoms with Crippen LogP contribution in [0.2, 0.25) is 0 Å². The van der Waals surface area contributed by atoms with E-state index in [4.69, 9.17) is 18.9 Å². The minimum Gasteiger partial charge on any atom is -0.383 e. The van der Waals surface area contributed by atoms with E-state index in [1.165, 1.54) is 22.5 Å². The molecular weight excluding hydrogens is 392 g/mol. The van der Waals surface area contributed by atoms with Gasteiger partial charge in [-0.15, -0.1) is 0 Å². The molecule has 6 nitrogen and oxygen atoms in total. The van der Waals surface area contributed by atoms with Crippen LogP contribution in [0.4, 0.5) is 11.4 Å². The lowest BCUT2D eigenvalue weighted by Crippen LogP contribution is -2.31. The van der Waals surface area contributed by atoms with E-state index in [-0.39, 0.29) is 0 Å². The summed E-state index contributed by atoms with van der Waals surface area (Å²) < 4.78 is 21.6. The van der Waals surface area contributed by atoms with Crippen LogP contribution in [0.1, 0.15) is 11.1 Å². The summed E-state index contributed by atoms with van der Waals surface area (Å²) in [7, 11) is 1.75. The van der Waals surface area contributed by atoms with E-state index in [9.17, 15) is 0 Å². The quantitative estimate of drug-likeness (QED) is 0.461. The third-order valence-corrected chi connectivity index (χ3v) is 6.06. The van der Waals surface area contributed by atoms with E-state index in [2.05, 4.69) is 58.3 Å². The smallest absolute Gasteiger partial charge is 0.0984 e. The highest BCUT2D eigenvalue weighted by molar-refractivity contribution is 5.51. The lowest BCUT2D eigenvalue weighted by molar-refractivity contribution is 0.204. The van der Waals surface area contributed by atoms with Crippen LogP contribution < -0.4 is 9.80 Å². The van der Waals surface area contributed by atoms with E-state index < -0.39 is 0 Å². The maximum Gasteiger partial charge on any atom is 0.0984 e. The van der Waals surface area contributed by atoms with Gasteiger partial charge < -0.3 is 28.7 Å². The normalized spacial score (nSPS) is 23.5. The van der Waals surface area contributed by atoms with E-state index >= 15 is 0 Å². The van der Waals surface area contributed by atoms with Crippen molar-refractivity contribution in [2.45, 2.75) is 24.7 Å². The van der Waals surface area contributed by atoms with Crippen molar-refractivity contribution < 1.29 is 18.9 Å². The first-order valence-electron chi connectivity index (χ1n) is 11.3. The van der Waals surface area contributed by atoms with Gasteiger partial charge in [0.1, 0.15) is 0 Å². The SMILES string of the molecule is COCCN(CC1CO1)c1ccc(Cc2ccc(N(CC3CO3)CC3CO3)cc2)cc1. The first-order valence-corrected chi connectivity index (χ1v) is 11.3. The van der Waals surface area contributed by atoms with Gasteiger partial charge in [0.25, 0.3) is 0 Å². The first kappa shape index (κ1) is 20.8. The van der Waals surface area contributed by atoms with Gasteiger partial charge in [-0.05, 0) is 41.8 Å². The molecule has 3 heterocycles. The van der Waals surface area contributed by atoms with Crippen molar-refractivity contribution in [3.8, 4) is 0 Å². The zero-order valence-electron chi connectivity index (χ0n) is 18.2. The second-order valence-electron chi connectivity index (χ2n) is 8.72. The molecule has 31 heavy (non-hydrogen) atoms. The highest BCUT2D eigenvalue weighted by atomic mass is 16.6. The minimum absolute atomic E-state index is 0.368. The number of rotatable bonds is 13. The van der Waals surface area contributed by atoms with Crippen LogP contribution in [0.3, 0.4) is 0 Å². The van der Waals surface area contributed by atoms with Crippen LogP contribution in [0.15, 0.2) is 48.5 Å². The average Bonchev–Trinajstić information content (AvgIpc) is 3.62. The molecule has 0 N–H and O–H groups in total. The highest BCUT2D eigenvalue weighted by Gasteiger charge is 2.31. The highest BCUT2D eigenvalue weighted by Crippen LogP contribution is 2.24. The van der Waals surface area contributed by atoms with Crippen molar-refractivity contribution in [3.05, 3.63) is 59.7 Å². The molecule has 0 bridgehead atoms. The van der Waals surface area contributed by atoms with Crippen molar-refractivity contribution in [1.82, 2.24) is 0 Å². The Labute approximate surface area is 184 Å². The number of epoxide rings is 3. The Balaban J connectivity index is 1.20. The molecule has 0 spiro atoms. The summed E-state index contributed by atoms with van der Waals surface area (Å²) >= 11 is 0. The molecule has 3 atom stereocenters. The van der Waals surface area contributed by atoms with Crippen molar-refractivity contribution >= 4 is 11.4 Å². The van der Waals surface area contributed by atoms with Crippen molar-refractivity contribution in [2.24, 2.45) is 0 Å². The van der Waals surface area contributed by atoms with Gasteiger partial charge in [-0.1, -0.05) is 24.3 Å². The fourth-order valence-electron chi connectivity index (χ4n) is 3.96. The van der Waals surface area contributed by atoms with Gasteiger partial charge >= 0.3 is 0 Å². The molecule has 2 aromatic rings. The Morgan fingerprint density at radius 2 is 1.13 bits per heavy atom. The largest absolute Gasteiger partial charge is 0.383 e. The molecule has 3 saturated heterocycles. The van der Waals surface area contributed by atoms with Gasteiger partial charge in [-0.2, -0.15) is 0 Å². The van der Waals surface area contributed by atoms with Crippen LogP contribution in [0, 0.1) is 0 Å². The number of hydrogen-bond donors (Lipinski definition) is 0. The zero-order chi connectivity index (χ0) is 21.0. The summed E-state index contributed by atoms with van der Waals surface area (Å²) in [6.07, 6.45) is 2.06. The maximum atomic E-state index is 5.44. The number of nitrogens with zero attached hydrogens (tertiary/aromatic N) is 2. The molecule has 166 valence electrons. The van der Waals surface area contributed by atoms with Gasteiger partial charge in [-0.25, -0.2) is 0 Å². The number of ether oxygens (including phenoxy) is 4. The predicted octanol–water partition coefficient (Wildman–Crippen LogP) is 2.73. The molecule has 3 fully saturated rings. The summed E-state index contributed by atoms with van der Waals surface area (Å²) in [5.74, 6) is 0. The topological polar surface area (TPSA) is 53.3 Å². The first-order chi connectivity index (χ1) is 15.3. The van der Waals surface area contributed by atoms with Crippen molar-refractivity contribution in [1.29, 1.82) is 0 Å². The summed E-state index contributed by atoms with van der Waals surface area (Å²) in [6.45, 7) is 7.06. The zero-order valence-corrected chi connectivity index (χ0v) is 18.2. The lowest BCUT2D eigenvalue weighted by atomic mass is 10.0. The van der Waals surface area contributed by atoms with Crippen LogP contribution in [-0.4, -0.2) is 78.0 Å². The van der Waals surface area contributed by atoms with Crippen LogP contribution >= 0.6 is 0 Å². The van der Waals surface area contributed by atoms with Crippen LogP contribution in [0.5, 0.6) is 0 Å². The fourth-order valence-corrected chi connectivity index (χ4v) is 3.96. The standard InChI is InChI=1S/C25H32N2O4/c1-28-11-10-26(13-23-16-29-23)21-6-2-19(3-7-21)12-20-4-8-22(9-5-20)27(14-24-17-30-24)15-25-18-31-25/h2-9,23-25H,10-18H2,1H3. The Kier molecular flexibility index (Phi) is 6.41. The molecule has 3 aliphatic rings. The van der Waals surface area contributed by atoms with Crippen molar-refractivity contribution in [2.75, 3.05) is 69.5 Å². The Morgan fingerprint density at radius 3 is 1.55 bits per heavy atom. The van der Waals surface area contributed by atoms with E-state index in [1.54, 1.807) is 7.11 Å².